The van der Waals surface area contributed by atoms with Crippen molar-refractivity contribution in [2.75, 3.05) is 0 Å². The van der Waals surface area contributed by atoms with Crippen LogP contribution in [0.4, 0.5) is 0 Å². The average molecular weight is 377 g/mol. The molecule has 0 atom stereocenters. The number of aliphatic hydroxyl groups is 1. The number of benzene rings is 1. The number of pyridine rings is 1. The Kier molecular flexibility index (Phi) is 4.94. The normalized spacial score (nSPS) is 11.0. The topological polar surface area (TPSA) is 71.3 Å². The molecule has 7 heteroatoms. The van der Waals surface area contributed by atoms with Crippen LogP contribution in [0.25, 0.3) is 10.2 Å². The van der Waals surface area contributed by atoms with Gasteiger partial charge in [0.1, 0.15) is 5.56 Å². The van der Waals surface area contributed by atoms with Crippen molar-refractivity contribution in [3.8, 4) is 0 Å². The molecule has 3 aromatic rings. The molecule has 1 aromatic carbocycles. The molecule has 2 heterocycles. The third-order valence-corrected chi connectivity index (χ3v) is 5.61. The van der Waals surface area contributed by atoms with Gasteiger partial charge in [0.2, 0.25) is 5.43 Å². The van der Waals surface area contributed by atoms with Crippen LogP contribution in [0, 0.1) is 6.92 Å². The summed E-state index contributed by atoms with van der Waals surface area (Å²) in [6.45, 7) is 2.05. The molecule has 0 bridgehead atoms. The van der Waals surface area contributed by atoms with Crippen LogP contribution in [0.15, 0.2) is 35.3 Å². The van der Waals surface area contributed by atoms with Gasteiger partial charge in [-0.3, -0.25) is 9.59 Å². The molecule has 0 aliphatic rings. The molecule has 2 aromatic heterocycles. The van der Waals surface area contributed by atoms with Crippen molar-refractivity contribution < 1.29 is 9.90 Å². The second-order valence-electron chi connectivity index (χ2n) is 5.78. The van der Waals surface area contributed by atoms with E-state index >= 15 is 0 Å². The lowest BCUT2D eigenvalue weighted by Gasteiger charge is -2.08. The second kappa shape index (κ2) is 7.00. The summed E-state index contributed by atoms with van der Waals surface area (Å²) >= 11 is 7.08. The standard InChI is InChI=1S/C18H17ClN2O3S/c1-10-14(9-22)25-17-15(10)21(2)8-13(16(17)23)18(24)20-7-11-3-5-12(19)6-4-11/h3-6,8,22H,7,9H2,1-2H3,(H,20,24). The van der Waals surface area contributed by atoms with Crippen LogP contribution in [-0.2, 0) is 20.2 Å². The Hall–Kier alpha value is -2.15. The van der Waals surface area contributed by atoms with E-state index in [-0.39, 0.29) is 17.6 Å². The molecule has 1 amide bonds. The Morgan fingerprint density at radius 1 is 1.32 bits per heavy atom. The Labute approximate surface area is 153 Å². The lowest BCUT2D eigenvalue weighted by atomic mass is 10.1. The predicted octanol–water partition coefficient (Wildman–Crippen LogP) is 2.98. The fourth-order valence-corrected chi connectivity index (χ4v) is 4.04. The number of carbonyl (C=O) groups is 1. The smallest absolute Gasteiger partial charge is 0.257 e. The summed E-state index contributed by atoms with van der Waals surface area (Å²) in [5, 5.41) is 12.8. The van der Waals surface area contributed by atoms with E-state index in [0.717, 1.165) is 21.5 Å². The van der Waals surface area contributed by atoms with Gasteiger partial charge in [-0.15, -0.1) is 11.3 Å². The van der Waals surface area contributed by atoms with E-state index in [0.29, 0.717) is 16.3 Å². The molecule has 0 unspecified atom stereocenters. The maximum absolute atomic E-state index is 12.7. The van der Waals surface area contributed by atoms with E-state index in [1.54, 1.807) is 29.9 Å². The van der Waals surface area contributed by atoms with E-state index in [1.807, 2.05) is 19.1 Å². The molecule has 25 heavy (non-hydrogen) atoms. The zero-order valence-electron chi connectivity index (χ0n) is 13.8. The van der Waals surface area contributed by atoms with Crippen LogP contribution in [0.2, 0.25) is 5.02 Å². The zero-order chi connectivity index (χ0) is 18.1. The molecule has 5 nitrogen and oxygen atoms in total. The number of rotatable bonds is 4. The van der Waals surface area contributed by atoms with E-state index < -0.39 is 5.91 Å². The Bertz CT molecular complexity index is 1010. The largest absolute Gasteiger partial charge is 0.391 e. The lowest BCUT2D eigenvalue weighted by molar-refractivity contribution is 0.0949. The monoisotopic (exact) mass is 376 g/mol. The van der Waals surface area contributed by atoms with Crippen LogP contribution < -0.4 is 10.7 Å². The predicted molar refractivity (Wildman–Crippen MR) is 100 cm³/mol. The quantitative estimate of drug-likeness (QED) is 0.735. The number of nitrogens with one attached hydrogen (secondary N) is 1. The third-order valence-electron chi connectivity index (χ3n) is 4.09. The molecule has 130 valence electrons. The highest BCUT2D eigenvalue weighted by Crippen LogP contribution is 2.28. The Morgan fingerprint density at radius 3 is 2.64 bits per heavy atom. The van der Waals surface area contributed by atoms with Crippen molar-refractivity contribution in [1.82, 2.24) is 9.88 Å². The van der Waals surface area contributed by atoms with Crippen molar-refractivity contribution in [2.24, 2.45) is 7.05 Å². The summed E-state index contributed by atoms with van der Waals surface area (Å²) in [4.78, 5) is 25.9. The number of aryl methyl sites for hydroxylation is 2. The van der Waals surface area contributed by atoms with Gasteiger partial charge in [-0.25, -0.2) is 0 Å². The minimum absolute atomic E-state index is 0.0923. The van der Waals surface area contributed by atoms with Crippen LogP contribution in [0.1, 0.15) is 26.4 Å². The van der Waals surface area contributed by atoms with Crippen LogP contribution in [-0.4, -0.2) is 15.6 Å². The maximum atomic E-state index is 12.7. The Morgan fingerprint density at radius 2 is 2.00 bits per heavy atom. The summed E-state index contributed by atoms with van der Waals surface area (Å²) in [5.41, 5.74) is 2.30. The molecule has 2 N–H and O–H groups in total. The van der Waals surface area contributed by atoms with Gasteiger partial charge < -0.3 is 15.0 Å². The summed E-state index contributed by atoms with van der Waals surface area (Å²) < 4.78 is 2.25. The first kappa shape index (κ1) is 17.7. The van der Waals surface area contributed by atoms with Crippen molar-refractivity contribution >= 4 is 39.1 Å². The summed E-state index contributed by atoms with van der Waals surface area (Å²) in [5.74, 6) is -0.422. The number of fused-ring (bicyclic) bond motifs is 1. The number of nitrogens with zero attached hydrogens (tertiary/aromatic N) is 1. The van der Waals surface area contributed by atoms with Gasteiger partial charge in [-0.05, 0) is 30.2 Å². The highest BCUT2D eigenvalue weighted by Gasteiger charge is 2.19. The van der Waals surface area contributed by atoms with Gasteiger partial charge in [0.15, 0.2) is 0 Å². The number of halogens is 1. The number of thiophene rings is 1. The number of aliphatic hydroxyl groups excluding tert-OH is 1. The fraction of sp³-hybridized carbons (Fsp3) is 0.222. The minimum Gasteiger partial charge on any atom is -0.391 e. The van der Waals surface area contributed by atoms with Gasteiger partial charge in [0.25, 0.3) is 5.91 Å². The SMILES string of the molecule is Cc1c(CO)sc2c(=O)c(C(=O)NCc3ccc(Cl)cc3)cn(C)c12. The van der Waals surface area contributed by atoms with E-state index in [2.05, 4.69) is 5.32 Å². The van der Waals surface area contributed by atoms with E-state index in [1.165, 1.54) is 11.3 Å². The minimum atomic E-state index is -0.422. The summed E-state index contributed by atoms with van der Waals surface area (Å²) in [6, 6.07) is 7.14. The number of amides is 1. The number of hydrogen-bond acceptors (Lipinski definition) is 4. The van der Waals surface area contributed by atoms with Crippen molar-refractivity contribution in [3.05, 3.63) is 67.3 Å². The van der Waals surface area contributed by atoms with Crippen LogP contribution >= 0.6 is 22.9 Å². The van der Waals surface area contributed by atoms with Crippen molar-refractivity contribution in [3.63, 3.8) is 0 Å². The number of carbonyl (C=O) groups excluding carboxylic acids is 1. The molecule has 0 saturated heterocycles. The first-order chi connectivity index (χ1) is 11.9. The Balaban J connectivity index is 1.92. The molecule has 0 spiro atoms. The molecular formula is C18H17ClN2O3S. The maximum Gasteiger partial charge on any atom is 0.257 e. The number of hydrogen-bond donors (Lipinski definition) is 2. The molecule has 0 saturated carbocycles. The van der Waals surface area contributed by atoms with Gasteiger partial charge in [0.05, 0.1) is 16.8 Å². The highest BCUT2D eigenvalue weighted by molar-refractivity contribution is 7.19. The summed E-state index contributed by atoms with van der Waals surface area (Å²) in [7, 11) is 1.79. The molecule has 0 aliphatic carbocycles. The molecule has 0 radical (unpaired) electrons. The first-order valence-corrected chi connectivity index (χ1v) is 8.87. The molecular weight excluding hydrogens is 360 g/mol. The van der Waals surface area contributed by atoms with Gasteiger partial charge in [-0.2, -0.15) is 0 Å². The van der Waals surface area contributed by atoms with E-state index in [9.17, 15) is 14.7 Å². The number of aromatic nitrogens is 1. The van der Waals surface area contributed by atoms with Gasteiger partial charge in [0, 0.05) is 29.7 Å². The van der Waals surface area contributed by atoms with Gasteiger partial charge >= 0.3 is 0 Å². The van der Waals surface area contributed by atoms with E-state index in [4.69, 9.17) is 11.6 Å². The average Bonchev–Trinajstić information content (AvgIpc) is 2.95. The molecule has 3 rings (SSSR count). The highest BCUT2D eigenvalue weighted by atomic mass is 35.5. The third kappa shape index (κ3) is 3.33. The van der Waals surface area contributed by atoms with Crippen LogP contribution in [0.5, 0.6) is 0 Å². The summed E-state index contributed by atoms with van der Waals surface area (Å²) in [6.07, 6.45) is 1.54. The van der Waals surface area contributed by atoms with Crippen LogP contribution in [0.3, 0.4) is 0 Å². The lowest BCUT2D eigenvalue weighted by Crippen LogP contribution is -2.29. The van der Waals surface area contributed by atoms with Gasteiger partial charge in [-0.1, -0.05) is 23.7 Å². The molecule has 0 fully saturated rings. The second-order valence-corrected chi connectivity index (χ2v) is 7.32. The van der Waals surface area contributed by atoms with Crippen molar-refractivity contribution in [1.29, 1.82) is 0 Å². The molecule has 0 aliphatic heterocycles. The fourth-order valence-electron chi connectivity index (χ4n) is 2.76. The van der Waals surface area contributed by atoms with Crippen molar-refractivity contribution in [2.45, 2.75) is 20.1 Å². The zero-order valence-corrected chi connectivity index (χ0v) is 15.4. The first-order valence-electron chi connectivity index (χ1n) is 7.67.